The highest BCUT2D eigenvalue weighted by Gasteiger charge is 2.36. The molecule has 1 aromatic carbocycles. The Morgan fingerprint density at radius 3 is 2.44 bits per heavy atom. The summed E-state index contributed by atoms with van der Waals surface area (Å²) >= 11 is 0. The standard InChI is InChI=1S/C16H21NO7S/c1-11(25(21,22)14-6-8-23-9-7-14)16(20)17-12-2-4-13(5-3-12)24-10-15(18)19/h2-5,11,14H,6-10H2,1H3,(H,17,20)(H,18,19). The number of carboxylic acids is 1. The molecule has 0 radical (unpaired) electrons. The van der Waals surface area contributed by atoms with Crippen LogP contribution in [0.4, 0.5) is 5.69 Å². The minimum atomic E-state index is -3.59. The van der Waals surface area contributed by atoms with Gasteiger partial charge in [-0.1, -0.05) is 0 Å². The minimum Gasteiger partial charge on any atom is -0.482 e. The molecule has 1 atom stereocenters. The first-order valence-corrected chi connectivity index (χ1v) is 9.47. The molecule has 1 unspecified atom stereocenters. The van der Waals surface area contributed by atoms with Gasteiger partial charge in [-0.15, -0.1) is 0 Å². The summed E-state index contributed by atoms with van der Waals surface area (Å²) in [6.07, 6.45) is 0.797. The molecule has 0 aromatic heterocycles. The molecule has 1 aliphatic rings. The van der Waals surface area contributed by atoms with Crippen molar-refractivity contribution in [1.82, 2.24) is 0 Å². The van der Waals surface area contributed by atoms with Gasteiger partial charge in [0.05, 0.1) is 5.25 Å². The monoisotopic (exact) mass is 371 g/mol. The molecule has 1 aliphatic heterocycles. The topological polar surface area (TPSA) is 119 Å². The van der Waals surface area contributed by atoms with Crippen molar-refractivity contribution >= 4 is 27.4 Å². The van der Waals surface area contributed by atoms with Gasteiger partial charge >= 0.3 is 5.97 Å². The number of benzene rings is 1. The molecule has 9 heteroatoms. The van der Waals surface area contributed by atoms with Crippen LogP contribution >= 0.6 is 0 Å². The fraction of sp³-hybridized carbons (Fsp3) is 0.500. The molecule has 0 spiro atoms. The first-order chi connectivity index (χ1) is 11.8. The second kappa shape index (κ2) is 8.30. The third kappa shape index (κ3) is 5.17. The third-order valence-corrected chi connectivity index (χ3v) is 6.58. The van der Waals surface area contributed by atoms with Crippen LogP contribution in [-0.4, -0.2) is 55.7 Å². The molecule has 1 fully saturated rings. The molecular formula is C16H21NO7S. The molecule has 1 saturated heterocycles. The lowest BCUT2D eigenvalue weighted by Crippen LogP contribution is -2.41. The van der Waals surface area contributed by atoms with E-state index in [0.29, 0.717) is 37.5 Å². The van der Waals surface area contributed by atoms with Crippen molar-refractivity contribution in [2.24, 2.45) is 0 Å². The SMILES string of the molecule is CC(C(=O)Nc1ccc(OCC(=O)O)cc1)S(=O)(=O)C1CCOCC1. The Morgan fingerprint density at radius 2 is 1.88 bits per heavy atom. The Hall–Kier alpha value is -2.13. The molecule has 138 valence electrons. The van der Waals surface area contributed by atoms with Gasteiger partial charge in [0.2, 0.25) is 5.91 Å². The van der Waals surface area contributed by atoms with Crippen molar-refractivity contribution in [3.8, 4) is 5.75 Å². The van der Waals surface area contributed by atoms with Gasteiger partial charge in [0.15, 0.2) is 16.4 Å². The summed E-state index contributed by atoms with van der Waals surface area (Å²) < 4.78 is 35.2. The fourth-order valence-electron chi connectivity index (χ4n) is 2.47. The van der Waals surface area contributed by atoms with Crippen molar-refractivity contribution in [3.05, 3.63) is 24.3 Å². The second-order valence-corrected chi connectivity index (χ2v) is 8.29. The number of hydrogen-bond acceptors (Lipinski definition) is 6. The van der Waals surface area contributed by atoms with Crippen LogP contribution in [0.25, 0.3) is 0 Å². The lowest BCUT2D eigenvalue weighted by Gasteiger charge is -2.25. The molecule has 25 heavy (non-hydrogen) atoms. The van der Waals surface area contributed by atoms with E-state index in [1.165, 1.54) is 31.2 Å². The molecule has 1 heterocycles. The summed E-state index contributed by atoms with van der Waals surface area (Å²) in [4.78, 5) is 22.7. The smallest absolute Gasteiger partial charge is 0.341 e. The molecule has 0 aliphatic carbocycles. The van der Waals surface area contributed by atoms with Crippen molar-refractivity contribution in [1.29, 1.82) is 0 Å². The van der Waals surface area contributed by atoms with Gasteiger partial charge in [-0.2, -0.15) is 0 Å². The van der Waals surface area contributed by atoms with Gasteiger partial charge in [-0.25, -0.2) is 13.2 Å². The van der Waals surface area contributed by atoms with Crippen molar-refractivity contribution < 1.29 is 32.6 Å². The number of nitrogens with one attached hydrogen (secondary N) is 1. The van der Waals surface area contributed by atoms with Gasteiger partial charge < -0.3 is 19.9 Å². The maximum atomic E-state index is 12.5. The summed E-state index contributed by atoms with van der Waals surface area (Å²) in [6.45, 7) is 1.68. The van der Waals surface area contributed by atoms with Gasteiger partial charge in [-0.3, -0.25) is 4.79 Å². The number of ether oxygens (including phenoxy) is 2. The lowest BCUT2D eigenvalue weighted by molar-refractivity contribution is -0.139. The molecule has 1 amide bonds. The highest BCUT2D eigenvalue weighted by Crippen LogP contribution is 2.22. The zero-order chi connectivity index (χ0) is 18.4. The van der Waals surface area contributed by atoms with Crippen LogP contribution in [-0.2, 0) is 24.2 Å². The van der Waals surface area contributed by atoms with Crippen LogP contribution in [0.3, 0.4) is 0 Å². The maximum absolute atomic E-state index is 12.5. The van der Waals surface area contributed by atoms with Crippen molar-refractivity contribution in [2.75, 3.05) is 25.1 Å². The third-order valence-electron chi connectivity index (χ3n) is 3.98. The maximum Gasteiger partial charge on any atom is 0.341 e. The number of rotatable bonds is 7. The molecular weight excluding hydrogens is 350 g/mol. The molecule has 0 saturated carbocycles. The highest BCUT2D eigenvalue weighted by molar-refractivity contribution is 7.93. The number of anilines is 1. The number of carbonyl (C=O) groups is 2. The second-order valence-electron chi connectivity index (χ2n) is 5.74. The Balaban J connectivity index is 1.97. The van der Waals surface area contributed by atoms with Crippen LogP contribution in [0.5, 0.6) is 5.75 Å². The van der Waals surface area contributed by atoms with E-state index in [4.69, 9.17) is 14.6 Å². The number of carbonyl (C=O) groups excluding carboxylic acids is 1. The zero-order valence-corrected chi connectivity index (χ0v) is 14.6. The van der Waals surface area contributed by atoms with Crippen molar-refractivity contribution in [3.63, 3.8) is 0 Å². The van der Waals surface area contributed by atoms with E-state index in [1.54, 1.807) is 0 Å². The average Bonchev–Trinajstić information content (AvgIpc) is 2.61. The van der Waals surface area contributed by atoms with E-state index in [-0.39, 0.29) is 0 Å². The van der Waals surface area contributed by atoms with E-state index >= 15 is 0 Å². The van der Waals surface area contributed by atoms with Gasteiger partial charge in [0.25, 0.3) is 0 Å². The summed E-state index contributed by atoms with van der Waals surface area (Å²) in [6, 6.07) is 6.03. The minimum absolute atomic E-state index is 0.336. The summed E-state index contributed by atoms with van der Waals surface area (Å²) in [5, 5.41) is 9.37. The highest BCUT2D eigenvalue weighted by atomic mass is 32.2. The number of hydrogen-bond donors (Lipinski definition) is 2. The predicted molar refractivity (Wildman–Crippen MR) is 90.4 cm³/mol. The van der Waals surface area contributed by atoms with Crippen molar-refractivity contribution in [2.45, 2.75) is 30.3 Å². The summed E-state index contributed by atoms with van der Waals surface area (Å²) in [7, 11) is -3.59. The molecule has 0 bridgehead atoms. The number of amides is 1. The van der Waals surface area contributed by atoms with Gasteiger partial charge in [-0.05, 0) is 44.0 Å². The number of carboxylic acid groups (broad SMARTS) is 1. The van der Waals surface area contributed by atoms with Crippen LogP contribution in [0.2, 0.25) is 0 Å². The van der Waals surface area contributed by atoms with E-state index in [2.05, 4.69) is 5.32 Å². The molecule has 2 N–H and O–H groups in total. The van der Waals surface area contributed by atoms with E-state index in [9.17, 15) is 18.0 Å². The Kier molecular flexibility index (Phi) is 6.38. The predicted octanol–water partition coefficient (Wildman–Crippen LogP) is 1.07. The normalized spacial score (nSPS) is 16.8. The van der Waals surface area contributed by atoms with Crippen LogP contribution in [0.15, 0.2) is 24.3 Å². The number of sulfone groups is 1. The van der Waals surface area contributed by atoms with E-state index in [1.807, 2.05) is 0 Å². The van der Waals surface area contributed by atoms with Crippen LogP contribution < -0.4 is 10.1 Å². The Morgan fingerprint density at radius 1 is 1.28 bits per heavy atom. The zero-order valence-electron chi connectivity index (χ0n) is 13.8. The number of aliphatic carboxylic acids is 1. The van der Waals surface area contributed by atoms with E-state index in [0.717, 1.165) is 0 Å². The summed E-state index contributed by atoms with van der Waals surface area (Å²) in [5.41, 5.74) is 0.404. The largest absolute Gasteiger partial charge is 0.482 e. The lowest BCUT2D eigenvalue weighted by atomic mass is 10.2. The van der Waals surface area contributed by atoms with Crippen LogP contribution in [0, 0.1) is 0 Å². The fourth-order valence-corrected chi connectivity index (χ4v) is 4.25. The Labute approximate surface area is 146 Å². The van der Waals surface area contributed by atoms with Gasteiger partial charge in [0, 0.05) is 18.9 Å². The Bertz CT molecular complexity index is 709. The van der Waals surface area contributed by atoms with Gasteiger partial charge in [0.1, 0.15) is 11.0 Å². The first kappa shape index (κ1) is 19.2. The first-order valence-electron chi connectivity index (χ1n) is 7.86. The molecule has 2 rings (SSSR count). The average molecular weight is 371 g/mol. The molecule has 1 aromatic rings. The quantitative estimate of drug-likeness (QED) is 0.736. The summed E-state index contributed by atoms with van der Waals surface area (Å²) in [5.74, 6) is -1.36. The van der Waals surface area contributed by atoms with Crippen LogP contribution in [0.1, 0.15) is 19.8 Å². The molecule has 8 nitrogen and oxygen atoms in total. The van der Waals surface area contributed by atoms with E-state index < -0.39 is 38.8 Å².